The fourth-order valence-corrected chi connectivity index (χ4v) is 2.79. The maximum absolute atomic E-state index is 12.4. The van der Waals surface area contributed by atoms with Crippen molar-refractivity contribution in [3.8, 4) is 0 Å². The summed E-state index contributed by atoms with van der Waals surface area (Å²) in [5.41, 5.74) is -0.528. The molecule has 1 fully saturated rings. The van der Waals surface area contributed by atoms with Gasteiger partial charge in [-0.1, -0.05) is 13.3 Å². The maximum atomic E-state index is 12.4. The largest absolute Gasteiger partial charge is 0.465 e. The molecule has 5 heteroatoms. The number of rotatable bonds is 3. The summed E-state index contributed by atoms with van der Waals surface area (Å²) in [6.07, 6.45) is 2.17. The molecule has 0 heterocycles. The third-order valence-electron chi connectivity index (χ3n) is 3.82. The van der Waals surface area contributed by atoms with Gasteiger partial charge in [-0.3, -0.25) is 14.4 Å². The number of esters is 2. The van der Waals surface area contributed by atoms with Gasteiger partial charge in [0.1, 0.15) is 17.3 Å². The third-order valence-corrected chi connectivity index (χ3v) is 3.82. The summed E-state index contributed by atoms with van der Waals surface area (Å²) in [5, 5.41) is 0. The van der Waals surface area contributed by atoms with Crippen LogP contribution in [0.2, 0.25) is 0 Å². The maximum Gasteiger partial charge on any atom is 0.316 e. The van der Waals surface area contributed by atoms with Crippen LogP contribution in [0.15, 0.2) is 0 Å². The van der Waals surface area contributed by atoms with E-state index in [2.05, 4.69) is 0 Å². The molecular weight excluding hydrogens is 284 g/mol. The Labute approximate surface area is 132 Å². The Hall–Kier alpha value is -1.39. The summed E-state index contributed by atoms with van der Waals surface area (Å²) in [6, 6.07) is 0. The van der Waals surface area contributed by atoms with E-state index < -0.39 is 17.5 Å². The van der Waals surface area contributed by atoms with Crippen LogP contribution in [0.3, 0.4) is 0 Å². The Kier molecular flexibility index (Phi) is 6.57. The van der Waals surface area contributed by atoms with Crippen LogP contribution in [-0.2, 0) is 23.9 Å². The van der Waals surface area contributed by atoms with E-state index in [1.807, 2.05) is 20.8 Å². The fraction of sp³-hybridized carbons (Fsp3) is 0.824. The number of carbonyl (C=O) groups is 3. The number of ether oxygens (including phenoxy) is 2. The molecule has 0 bridgehead atoms. The molecule has 0 aromatic heterocycles. The normalized spacial score (nSPS) is 26.8. The first-order chi connectivity index (χ1) is 10.2. The zero-order chi connectivity index (χ0) is 16.9. The van der Waals surface area contributed by atoms with Gasteiger partial charge in [-0.25, -0.2) is 0 Å². The minimum absolute atomic E-state index is 0.119. The molecule has 126 valence electrons. The second-order valence-electron chi connectivity index (χ2n) is 7.01. The molecule has 3 unspecified atom stereocenters. The molecule has 0 amide bonds. The number of hydrogen-bond donors (Lipinski definition) is 0. The van der Waals surface area contributed by atoms with Gasteiger partial charge in [-0.2, -0.15) is 0 Å². The first kappa shape index (κ1) is 18.7. The predicted octanol–water partition coefficient (Wildman–Crippen LogP) is 2.90. The lowest BCUT2D eigenvalue weighted by molar-refractivity contribution is -0.161. The molecule has 0 spiro atoms. The van der Waals surface area contributed by atoms with Crippen molar-refractivity contribution >= 4 is 17.7 Å². The molecule has 0 aliphatic heterocycles. The van der Waals surface area contributed by atoms with E-state index >= 15 is 0 Å². The van der Waals surface area contributed by atoms with Gasteiger partial charge >= 0.3 is 11.9 Å². The van der Waals surface area contributed by atoms with Crippen LogP contribution >= 0.6 is 0 Å². The van der Waals surface area contributed by atoms with Gasteiger partial charge in [-0.15, -0.1) is 0 Å². The van der Waals surface area contributed by atoms with Gasteiger partial charge in [0, 0.05) is 5.92 Å². The topological polar surface area (TPSA) is 69.7 Å². The van der Waals surface area contributed by atoms with Crippen LogP contribution in [0.25, 0.3) is 0 Å². The molecule has 1 saturated carbocycles. The highest BCUT2D eigenvalue weighted by atomic mass is 16.6. The monoisotopic (exact) mass is 312 g/mol. The van der Waals surface area contributed by atoms with E-state index in [4.69, 9.17) is 9.47 Å². The smallest absolute Gasteiger partial charge is 0.316 e. The minimum Gasteiger partial charge on any atom is -0.465 e. The number of ketones is 1. The first-order valence-corrected chi connectivity index (χ1v) is 8.09. The van der Waals surface area contributed by atoms with Crippen LogP contribution in [0, 0.1) is 17.8 Å². The standard InChI is InChI=1S/C17H28O5/c1-6-21-16(20)13-9-7-8-12(10-11(2)14(13)18)15(19)22-17(3,4)5/h11-13H,6-10H2,1-5H3. The molecule has 22 heavy (non-hydrogen) atoms. The van der Waals surface area contributed by atoms with Crippen molar-refractivity contribution in [2.24, 2.45) is 17.8 Å². The van der Waals surface area contributed by atoms with Gasteiger partial charge in [0.05, 0.1) is 12.5 Å². The molecule has 0 aromatic carbocycles. The lowest BCUT2D eigenvalue weighted by atomic mass is 9.79. The van der Waals surface area contributed by atoms with Crippen molar-refractivity contribution < 1.29 is 23.9 Å². The highest BCUT2D eigenvalue weighted by Gasteiger charge is 2.37. The van der Waals surface area contributed by atoms with Crippen LogP contribution in [0.5, 0.6) is 0 Å². The molecule has 5 nitrogen and oxygen atoms in total. The van der Waals surface area contributed by atoms with Crippen LogP contribution in [0.1, 0.15) is 60.3 Å². The van der Waals surface area contributed by atoms with Crippen molar-refractivity contribution in [2.45, 2.75) is 65.9 Å². The molecular formula is C17H28O5. The van der Waals surface area contributed by atoms with Crippen molar-refractivity contribution in [1.82, 2.24) is 0 Å². The van der Waals surface area contributed by atoms with E-state index in [0.717, 1.165) is 0 Å². The van der Waals surface area contributed by atoms with Gasteiger partial charge < -0.3 is 9.47 Å². The summed E-state index contributed by atoms with van der Waals surface area (Å²) in [5.74, 6) is -2.11. The molecule has 1 aliphatic rings. The molecule has 0 radical (unpaired) electrons. The predicted molar refractivity (Wildman–Crippen MR) is 82.1 cm³/mol. The van der Waals surface area contributed by atoms with Crippen LogP contribution in [0.4, 0.5) is 0 Å². The summed E-state index contributed by atoms with van der Waals surface area (Å²) in [7, 11) is 0. The van der Waals surface area contributed by atoms with Crippen molar-refractivity contribution in [3.05, 3.63) is 0 Å². The van der Waals surface area contributed by atoms with Crippen molar-refractivity contribution in [3.63, 3.8) is 0 Å². The Bertz CT molecular complexity index is 421. The molecule has 0 saturated heterocycles. The molecule has 0 N–H and O–H groups in total. The van der Waals surface area contributed by atoms with E-state index in [1.54, 1.807) is 13.8 Å². The number of Topliss-reactive ketones (excluding diaryl/α,β-unsaturated/α-hetero) is 1. The first-order valence-electron chi connectivity index (χ1n) is 8.09. The van der Waals surface area contributed by atoms with Crippen LogP contribution < -0.4 is 0 Å². The summed E-state index contributed by atoms with van der Waals surface area (Å²) in [6.45, 7) is 9.28. The molecule has 3 atom stereocenters. The van der Waals surface area contributed by atoms with E-state index in [-0.39, 0.29) is 30.2 Å². The molecule has 0 aromatic rings. The summed E-state index contributed by atoms with van der Waals surface area (Å²) < 4.78 is 10.4. The number of hydrogen-bond acceptors (Lipinski definition) is 5. The quantitative estimate of drug-likeness (QED) is 0.592. The van der Waals surface area contributed by atoms with Gasteiger partial charge in [-0.05, 0) is 47.0 Å². The summed E-state index contributed by atoms with van der Waals surface area (Å²) >= 11 is 0. The third kappa shape index (κ3) is 5.43. The molecule has 1 rings (SSSR count). The molecule has 1 aliphatic carbocycles. The van der Waals surface area contributed by atoms with Gasteiger partial charge in [0.15, 0.2) is 0 Å². The average molecular weight is 312 g/mol. The lowest BCUT2D eigenvalue weighted by Crippen LogP contribution is -2.36. The Morgan fingerprint density at radius 2 is 1.82 bits per heavy atom. The Balaban J connectivity index is 2.74. The van der Waals surface area contributed by atoms with Crippen molar-refractivity contribution in [1.29, 1.82) is 0 Å². The fourth-order valence-electron chi connectivity index (χ4n) is 2.79. The lowest BCUT2D eigenvalue weighted by Gasteiger charge is -2.28. The van der Waals surface area contributed by atoms with Gasteiger partial charge in [0.25, 0.3) is 0 Å². The SMILES string of the molecule is CCOC(=O)C1CCCC(C(=O)OC(C)(C)C)CC(C)C1=O. The second-order valence-corrected chi connectivity index (χ2v) is 7.01. The van der Waals surface area contributed by atoms with Crippen molar-refractivity contribution in [2.75, 3.05) is 6.61 Å². The van der Waals surface area contributed by atoms with Gasteiger partial charge in [0.2, 0.25) is 0 Å². The minimum atomic E-state index is -0.686. The zero-order valence-corrected chi connectivity index (χ0v) is 14.3. The van der Waals surface area contributed by atoms with Crippen LogP contribution in [-0.4, -0.2) is 29.9 Å². The highest BCUT2D eigenvalue weighted by Crippen LogP contribution is 2.30. The van der Waals surface area contributed by atoms with E-state index in [0.29, 0.717) is 25.7 Å². The average Bonchev–Trinajstić information content (AvgIpc) is 2.37. The highest BCUT2D eigenvalue weighted by molar-refractivity contribution is 6.00. The van der Waals surface area contributed by atoms with E-state index in [9.17, 15) is 14.4 Å². The zero-order valence-electron chi connectivity index (χ0n) is 14.3. The Morgan fingerprint density at radius 1 is 1.18 bits per heavy atom. The number of carbonyl (C=O) groups excluding carboxylic acids is 3. The second kappa shape index (κ2) is 7.75. The van der Waals surface area contributed by atoms with E-state index in [1.165, 1.54) is 0 Å². The summed E-state index contributed by atoms with van der Waals surface area (Å²) in [4.78, 5) is 36.5. The Morgan fingerprint density at radius 3 is 2.36 bits per heavy atom.